The lowest BCUT2D eigenvalue weighted by molar-refractivity contribution is -0.120. The Labute approximate surface area is 153 Å². The van der Waals surface area contributed by atoms with Gasteiger partial charge in [-0.3, -0.25) is 9.69 Å². The van der Waals surface area contributed by atoms with Gasteiger partial charge in [-0.15, -0.1) is 0 Å². The van der Waals surface area contributed by atoms with Gasteiger partial charge in [-0.05, 0) is 25.8 Å². The van der Waals surface area contributed by atoms with Crippen molar-refractivity contribution in [3.05, 3.63) is 48.3 Å². The van der Waals surface area contributed by atoms with Crippen LogP contribution in [0.3, 0.4) is 0 Å². The van der Waals surface area contributed by atoms with E-state index in [4.69, 9.17) is 0 Å². The van der Waals surface area contributed by atoms with Gasteiger partial charge in [0.1, 0.15) is 0 Å². The molecule has 0 spiro atoms. The van der Waals surface area contributed by atoms with Crippen molar-refractivity contribution in [2.45, 2.75) is 49.8 Å². The van der Waals surface area contributed by atoms with E-state index in [0.29, 0.717) is 0 Å². The summed E-state index contributed by atoms with van der Waals surface area (Å²) in [6.07, 6.45) is 4.75. The molecule has 0 radical (unpaired) electrons. The lowest BCUT2D eigenvalue weighted by Gasteiger charge is -2.18. The van der Waals surface area contributed by atoms with Crippen LogP contribution in [-0.2, 0) is 17.9 Å². The number of thioether (sulfide) groups is 1. The Kier molecular flexibility index (Phi) is 6.15. The molecule has 2 aromatic rings. The van der Waals surface area contributed by atoms with E-state index in [1.807, 2.05) is 19.2 Å². The number of hydrogen-bond acceptors (Lipinski definition) is 4. The van der Waals surface area contributed by atoms with Gasteiger partial charge >= 0.3 is 0 Å². The number of nitrogens with zero attached hydrogens (tertiary/aromatic N) is 3. The molecule has 6 heteroatoms. The standard InChI is InChI=1S/C19H26N4OS/c1-3-23-12-10-20-19(23)25-15(2)18(24)21-17-9-11-22(14-17)13-16-7-5-4-6-8-16/h4-8,10,12,15,17H,3,9,11,13-14H2,1-2H3,(H,21,24). The van der Waals surface area contributed by atoms with Gasteiger partial charge in [-0.1, -0.05) is 42.1 Å². The van der Waals surface area contributed by atoms with E-state index in [1.54, 1.807) is 6.20 Å². The number of benzene rings is 1. The second-order valence-electron chi connectivity index (χ2n) is 6.47. The molecule has 1 aliphatic rings. The van der Waals surface area contributed by atoms with Crippen molar-refractivity contribution < 1.29 is 4.79 Å². The number of aryl methyl sites for hydroxylation is 1. The zero-order chi connectivity index (χ0) is 17.6. The van der Waals surface area contributed by atoms with Crippen LogP contribution in [0, 0.1) is 0 Å². The average molecular weight is 359 g/mol. The minimum Gasteiger partial charge on any atom is -0.351 e. The quantitative estimate of drug-likeness (QED) is 0.773. The number of hydrogen-bond donors (Lipinski definition) is 1. The average Bonchev–Trinajstić information content (AvgIpc) is 3.25. The van der Waals surface area contributed by atoms with Crippen molar-refractivity contribution in [2.24, 2.45) is 0 Å². The first kappa shape index (κ1) is 18.0. The molecule has 2 unspecified atom stereocenters. The van der Waals surface area contributed by atoms with Crippen LogP contribution in [0.5, 0.6) is 0 Å². The second kappa shape index (κ2) is 8.54. The number of carbonyl (C=O) groups excluding carboxylic acids is 1. The van der Waals surface area contributed by atoms with Gasteiger partial charge < -0.3 is 9.88 Å². The van der Waals surface area contributed by atoms with E-state index in [-0.39, 0.29) is 17.2 Å². The highest BCUT2D eigenvalue weighted by molar-refractivity contribution is 8.00. The summed E-state index contributed by atoms with van der Waals surface area (Å²) in [6, 6.07) is 10.7. The minimum absolute atomic E-state index is 0.0993. The van der Waals surface area contributed by atoms with E-state index < -0.39 is 0 Å². The van der Waals surface area contributed by atoms with Gasteiger partial charge in [0.15, 0.2) is 5.16 Å². The van der Waals surface area contributed by atoms with Crippen molar-refractivity contribution in [3.63, 3.8) is 0 Å². The van der Waals surface area contributed by atoms with E-state index in [2.05, 4.69) is 51.0 Å². The lowest BCUT2D eigenvalue weighted by atomic mass is 10.2. The third-order valence-electron chi connectivity index (χ3n) is 4.54. The molecule has 5 nitrogen and oxygen atoms in total. The molecule has 1 N–H and O–H groups in total. The predicted octanol–water partition coefficient (Wildman–Crippen LogP) is 2.77. The molecular formula is C19H26N4OS. The summed E-state index contributed by atoms with van der Waals surface area (Å²) in [5, 5.41) is 3.97. The highest BCUT2D eigenvalue weighted by atomic mass is 32.2. The molecule has 1 fully saturated rings. The molecule has 0 bridgehead atoms. The third-order valence-corrected chi connectivity index (χ3v) is 5.66. The molecule has 3 rings (SSSR count). The summed E-state index contributed by atoms with van der Waals surface area (Å²) in [6.45, 7) is 7.80. The number of carbonyl (C=O) groups is 1. The SMILES string of the molecule is CCn1ccnc1SC(C)C(=O)NC1CCN(Cc2ccccc2)C1. The Bertz CT molecular complexity index is 688. The summed E-state index contributed by atoms with van der Waals surface area (Å²) < 4.78 is 2.06. The van der Waals surface area contributed by atoms with Crippen molar-refractivity contribution >= 4 is 17.7 Å². The first-order valence-electron chi connectivity index (χ1n) is 8.90. The second-order valence-corrected chi connectivity index (χ2v) is 7.78. The van der Waals surface area contributed by atoms with Gasteiger partial charge in [-0.2, -0.15) is 0 Å². The van der Waals surface area contributed by atoms with Crippen LogP contribution in [0.4, 0.5) is 0 Å². The molecule has 1 amide bonds. The molecular weight excluding hydrogens is 332 g/mol. The maximum absolute atomic E-state index is 12.5. The van der Waals surface area contributed by atoms with Crippen molar-refractivity contribution in [3.8, 4) is 0 Å². The topological polar surface area (TPSA) is 50.2 Å². The number of likely N-dealkylation sites (tertiary alicyclic amines) is 1. The van der Waals surface area contributed by atoms with Crippen molar-refractivity contribution in [2.75, 3.05) is 13.1 Å². The maximum Gasteiger partial charge on any atom is 0.233 e. The van der Waals surface area contributed by atoms with Crippen LogP contribution in [0.15, 0.2) is 47.9 Å². The van der Waals surface area contributed by atoms with E-state index in [1.165, 1.54) is 17.3 Å². The summed E-state index contributed by atoms with van der Waals surface area (Å²) in [4.78, 5) is 19.2. The summed E-state index contributed by atoms with van der Waals surface area (Å²) in [5.41, 5.74) is 1.32. The molecule has 1 aromatic heterocycles. The Balaban J connectivity index is 1.47. The first-order valence-corrected chi connectivity index (χ1v) is 9.78. The molecule has 1 aliphatic heterocycles. The highest BCUT2D eigenvalue weighted by Crippen LogP contribution is 2.22. The molecule has 1 aromatic carbocycles. The summed E-state index contributed by atoms with van der Waals surface area (Å²) in [5.74, 6) is 0.0993. The Hall–Kier alpha value is -1.79. The normalized spacial score (nSPS) is 19.0. The Morgan fingerprint density at radius 2 is 2.20 bits per heavy atom. The maximum atomic E-state index is 12.5. The molecule has 25 heavy (non-hydrogen) atoms. The first-order chi connectivity index (χ1) is 12.2. The molecule has 0 saturated carbocycles. The fraction of sp³-hybridized carbons (Fsp3) is 0.474. The van der Waals surface area contributed by atoms with Gasteiger partial charge in [0.25, 0.3) is 0 Å². The molecule has 134 valence electrons. The number of aromatic nitrogens is 2. The summed E-state index contributed by atoms with van der Waals surface area (Å²) >= 11 is 1.52. The van der Waals surface area contributed by atoms with Gasteiger partial charge in [0, 0.05) is 44.6 Å². The van der Waals surface area contributed by atoms with Gasteiger partial charge in [0.05, 0.1) is 5.25 Å². The van der Waals surface area contributed by atoms with E-state index in [0.717, 1.165) is 37.8 Å². The van der Waals surface area contributed by atoms with Crippen molar-refractivity contribution in [1.29, 1.82) is 0 Å². The van der Waals surface area contributed by atoms with Gasteiger partial charge in [0.2, 0.25) is 5.91 Å². The molecule has 2 heterocycles. The van der Waals surface area contributed by atoms with Crippen LogP contribution in [0.25, 0.3) is 0 Å². The number of amides is 1. The number of imidazole rings is 1. The monoisotopic (exact) mass is 358 g/mol. The predicted molar refractivity (Wildman–Crippen MR) is 101 cm³/mol. The van der Waals surface area contributed by atoms with Crippen LogP contribution in [-0.4, -0.2) is 44.7 Å². The largest absolute Gasteiger partial charge is 0.351 e. The number of rotatable bonds is 7. The Morgan fingerprint density at radius 1 is 1.40 bits per heavy atom. The van der Waals surface area contributed by atoms with Crippen LogP contribution < -0.4 is 5.32 Å². The highest BCUT2D eigenvalue weighted by Gasteiger charge is 2.26. The third kappa shape index (κ3) is 4.86. The van der Waals surface area contributed by atoms with E-state index >= 15 is 0 Å². The minimum atomic E-state index is -0.143. The van der Waals surface area contributed by atoms with Crippen molar-refractivity contribution in [1.82, 2.24) is 19.8 Å². The molecule has 1 saturated heterocycles. The zero-order valence-electron chi connectivity index (χ0n) is 14.9. The van der Waals surface area contributed by atoms with Crippen LogP contribution in [0.1, 0.15) is 25.8 Å². The fourth-order valence-corrected chi connectivity index (χ4v) is 4.06. The Morgan fingerprint density at radius 3 is 2.96 bits per heavy atom. The van der Waals surface area contributed by atoms with E-state index in [9.17, 15) is 4.79 Å². The van der Waals surface area contributed by atoms with Crippen LogP contribution in [0.2, 0.25) is 0 Å². The number of nitrogens with one attached hydrogen (secondary N) is 1. The lowest BCUT2D eigenvalue weighted by Crippen LogP contribution is -2.40. The summed E-state index contributed by atoms with van der Waals surface area (Å²) in [7, 11) is 0. The fourth-order valence-electron chi connectivity index (χ4n) is 3.12. The van der Waals surface area contributed by atoms with Crippen LogP contribution >= 0.6 is 11.8 Å². The van der Waals surface area contributed by atoms with Gasteiger partial charge in [-0.25, -0.2) is 4.98 Å². The molecule has 2 atom stereocenters. The molecule has 0 aliphatic carbocycles. The zero-order valence-corrected chi connectivity index (χ0v) is 15.7. The smallest absolute Gasteiger partial charge is 0.233 e.